The fourth-order valence-corrected chi connectivity index (χ4v) is 1.83. The number of hydrogen-bond donors (Lipinski definition) is 3. The van der Waals surface area contributed by atoms with Gasteiger partial charge in [-0.25, -0.2) is 0 Å². The molecule has 0 aromatic heterocycles. The van der Waals surface area contributed by atoms with E-state index in [-0.39, 0.29) is 11.9 Å². The Kier molecular flexibility index (Phi) is 9.02. The van der Waals surface area contributed by atoms with Crippen molar-refractivity contribution in [3.63, 3.8) is 0 Å². The quantitative estimate of drug-likeness (QED) is 0.524. The predicted molar refractivity (Wildman–Crippen MR) is 75.5 cm³/mol. The molecule has 0 saturated carbocycles. The standard InChI is InChI=1S/C14H30N2O2/c1-5-7-8-10-15-13(17)12(3)16-11-14(4,18)9-6-2/h12,16,18H,5-11H2,1-4H3,(H,15,17). The van der Waals surface area contributed by atoms with Crippen LogP contribution in [0.4, 0.5) is 0 Å². The molecule has 4 heteroatoms. The molecule has 0 spiro atoms. The van der Waals surface area contributed by atoms with Gasteiger partial charge in [0.05, 0.1) is 11.6 Å². The van der Waals surface area contributed by atoms with Crippen LogP contribution >= 0.6 is 0 Å². The Morgan fingerprint density at radius 3 is 2.50 bits per heavy atom. The molecule has 0 saturated heterocycles. The lowest BCUT2D eigenvalue weighted by molar-refractivity contribution is -0.123. The molecule has 0 aliphatic rings. The van der Waals surface area contributed by atoms with Crippen LogP contribution < -0.4 is 10.6 Å². The molecule has 4 nitrogen and oxygen atoms in total. The molecule has 1 amide bonds. The summed E-state index contributed by atoms with van der Waals surface area (Å²) in [5, 5.41) is 16.0. The molecule has 108 valence electrons. The van der Waals surface area contributed by atoms with Crippen LogP contribution in [0.5, 0.6) is 0 Å². The van der Waals surface area contributed by atoms with Gasteiger partial charge in [0.2, 0.25) is 5.91 Å². The van der Waals surface area contributed by atoms with Crippen molar-refractivity contribution in [3.05, 3.63) is 0 Å². The molecule has 18 heavy (non-hydrogen) atoms. The largest absolute Gasteiger partial charge is 0.389 e. The van der Waals surface area contributed by atoms with Crippen molar-refractivity contribution in [2.75, 3.05) is 13.1 Å². The van der Waals surface area contributed by atoms with Gasteiger partial charge in [0.25, 0.3) is 0 Å². The summed E-state index contributed by atoms with van der Waals surface area (Å²) in [4.78, 5) is 11.7. The molecule has 0 aromatic carbocycles. The summed E-state index contributed by atoms with van der Waals surface area (Å²) in [6, 6.07) is -0.255. The molecule has 0 aliphatic heterocycles. The van der Waals surface area contributed by atoms with E-state index in [4.69, 9.17) is 0 Å². The zero-order chi connectivity index (χ0) is 14.0. The molecule has 0 bridgehead atoms. The monoisotopic (exact) mass is 258 g/mol. The highest BCUT2D eigenvalue weighted by Gasteiger charge is 2.21. The van der Waals surface area contributed by atoms with Gasteiger partial charge >= 0.3 is 0 Å². The molecule has 0 radical (unpaired) electrons. The lowest BCUT2D eigenvalue weighted by Gasteiger charge is -2.25. The second-order valence-corrected chi connectivity index (χ2v) is 5.35. The van der Waals surface area contributed by atoms with Gasteiger partial charge in [-0.05, 0) is 26.7 Å². The summed E-state index contributed by atoms with van der Waals surface area (Å²) in [5.41, 5.74) is -0.731. The van der Waals surface area contributed by atoms with E-state index in [0.29, 0.717) is 6.54 Å². The van der Waals surface area contributed by atoms with Crippen LogP contribution in [-0.2, 0) is 4.79 Å². The zero-order valence-electron chi connectivity index (χ0n) is 12.4. The van der Waals surface area contributed by atoms with Crippen LogP contribution in [0, 0.1) is 0 Å². The van der Waals surface area contributed by atoms with Gasteiger partial charge in [-0.2, -0.15) is 0 Å². The summed E-state index contributed by atoms with van der Waals surface area (Å²) in [5.74, 6) is 0.0124. The van der Waals surface area contributed by atoms with E-state index in [0.717, 1.165) is 38.6 Å². The Balaban J connectivity index is 3.80. The SMILES string of the molecule is CCCCCNC(=O)C(C)NCC(C)(O)CCC. The van der Waals surface area contributed by atoms with Gasteiger partial charge in [0.1, 0.15) is 0 Å². The molecular formula is C14H30N2O2. The van der Waals surface area contributed by atoms with Crippen LogP contribution in [-0.4, -0.2) is 35.7 Å². The Labute approximate surface area is 112 Å². The molecule has 0 aliphatic carbocycles. The number of rotatable bonds is 10. The summed E-state index contributed by atoms with van der Waals surface area (Å²) >= 11 is 0. The molecule has 0 heterocycles. The first kappa shape index (κ1) is 17.4. The third-order valence-corrected chi connectivity index (χ3v) is 3.05. The summed E-state index contributed by atoms with van der Waals surface area (Å²) in [6.07, 6.45) is 5.01. The maximum atomic E-state index is 11.7. The van der Waals surface area contributed by atoms with Crippen molar-refractivity contribution in [1.29, 1.82) is 0 Å². The van der Waals surface area contributed by atoms with Gasteiger partial charge in [-0.3, -0.25) is 4.79 Å². The maximum Gasteiger partial charge on any atom is 0.236 e. The van der Waals surface area contributed by atoms with Crippen molar-refractivity contribution in [2.24, 2.45) is 0 Å². The topological polar surface area (TPSA) is 61.4 Å². The second kappa shape index (κ2) is 9.34. The number of carbonyl (C=O) groups is 1. The van der Waals surface area contributed by atoms with E-state index in [2.05, 4.69) is 17.6 Å². The van der Waals surface area contributed by atoms with Crippen molar-refractivity contribution in [2.45, 2.75) is 71.4 Å². The van der Waals surface area contributed by atoms with Crippen molar-refractivity contribution in [3.8, 4) is 0 Å². The van der Waals surface area contributed by atoms with Crippen molar-refractivity contribution in [1.82, 2.24) is 10.6 Å². The number of amides is 1. The minimum atomic E-state index is -0.731. The van der Waals surface area contributed by atoms with Gasteiger partial charge in [0.15, 0.2) is 0 Å². The van der Waals surface area contributed by atoms with Crippen LogP contribution in [0.1, 0.15) is 59.8 Å². The van der Waals surface area contributed by atoms with E-state index in [1.54, 1.807) is 6.92 Å². The van der Waals surface area contributed by atoms with Crippen molar-refractivity contribution < 1.29 is 9.90 Å². The molecule has 2 atom stereocenters. The highest BCUT2D eigenvalue weighted by molar-refractivity contribution is 5.81. The summed E-state index contributed by atoms with van der Waals surface area (Å²) in [6.45, 7) is 9.00. The minimum absolute atomic E-state index is 0.0124. The third-order valence-electron chi connectivity index (χ3n) is 3.05. The van der Waals surface area contributed by atoms with Gasteiger partial charge in [0, 0.05) is 13.1 Å². The van der Waals surface area contributed by atoms with Crippen LogP contribution in [0.15, 0.2) is 0 Å². The summed E-state index contributed by atoms with van der Waals surface area (Å²) < 4.78 is 0. The molecule has 0 fully saturated rings. The average molecular weight is 258 g/mol. The molecule has 3 N–H and O–H groups in total. The normalized spacial score (nSPS) is 16.1. The Hall–Kier alpha value is -0.610. The number of unbranched alkanes of at least 4 members (excludes halogenated alkanes) is 2. The Morgan fingerprint density at radius 2 is 1.94 bits per heavy atom. The fraction of sp³-hybridized carbons (Fsp3) is 0.929. The fourth-order valence-electron chi connectivity index (χ4n) is 1.83. The lowest BCUT2D eigenvalue weighted by atomic mass is 10.0. The van der Waals surface area contributed by atoms with E-state index >= 15 is 0 Å². The smallest absolute Gasteiger partial charge is 0.236 e. The number of nitrogens with one attached hydrogen (secondary N) is 2. The zero-order valence-corrected chi connectivity index (χ0v) is 12.4. The Bertz CT molecular complexity index is 230. The number of hydrogen-bond acceptors (Lipinski definition) is 3. The highest BCUT2D eigenvalue weighted by Crippen LogP contribution is 2.10. The summed E-state index contributed by atoms with van der Waals surface area (Å²) in [7, 11) is 0. The lowest BCUT2D eigenvalue weighted by Crippen LogP contribution is -2.48. The molecular weight excluding hydrogens is 228 g/mol. The van der Waals surface area contributed by atoms with E-state index in [1.165, 1.54) is 0 Å². The third kappa shape index (κ3) is 8.48. The van der Waals surface area contributed by atoms with Gasteiger partial charge in [-0.15, -0.1) is 0 Å². The molecule has 0 aromatic rings. The average Bonchev–Trinajstić information content (AvgIpc) is 2.31. The van der Waals surface area contributed by atoms with Crippen LogP contribution in [0.25, 0.3) is 0 Å². The van der Waals surface area contributed by atoms with E-state index < -0.39 is 5.60 Å². The number of aliphatic hydroxyl groups is 1. The second-order valence-electron chi connectivity index (χ2n) is 5.35. The number of carbonyl (C=O) groups excluding carboxylic acids is 1. The van der Waals surface area contributed by atoms with Crippen LogP contribution in [0.3, 0.4) is 0 Å². The molecule has 2 unspecified atom stereocenters. The maximum absolute atomic E-state index is 11.7. The van der Waals surface area contributed by atoms with Crippen molar-refractivity contribution >= 4 is 5.91 Å². The van der Waals surface area contributed by atoms with Crippen LogP contribution in [0.2, 0.25) is 0 Å². The first-order chi connectivity index (χ1) is 8.43. The first-order valence-electron chi connectivity index (χ1n) is 7.16. The first-order valence-corrected chi connectivity index (χ1v) is 7.16. The molecule has 0 rings (SSSR count). The highest BCUT2D eigenvalue weighted by atomic mass is 16.3. The van der Waals surface area contributed by atoms with Gasteiger partial charge < -0.3 is 15.7 Å². The van der Waals surface area contributed by atoms with Gasteiger partial charge in [-0.1, -0.05) is 33.1 Å². The van der Waals surface area contributed by atoms with E-state index in [9.17, 15) is 9.90 Å². The predicted octanol–water partition coefficient (Wildman–Crippen LogP) is 1.82. The Morgan fingerprint density at radius 1 is 1.28 bits per heavy atom. The van der Waals surface area contributed by atoms with E-state index in [1.807, 2.05) is 13.8 Å². The minimum Gasteiger partial charge on any atom is -0.389 e.